The largest absolute Gasteiger partial charge is 0.380 e. The van der Waals surface area contributed by atoms with Crippen molar-refractivity contribution in [2.24, 2.45) is 0 Å². The normalized spacial score (nSPS) is 15.9. The van der Waals surface area contributed by atoms with Crippen molar-refractivity contribution in [3.05, 3.63) is 94.4 Å². The van der Waals surface area contributed by atoms with Crippen molar-refractivity contribution in [2.75, 3.05) is 14.2 Å². The molecule has 200 valence electrons. The minimum Gasteiger partial charge on any atom is -0.380 e. The number of fused-ring (bicyclic) bond motifs is 3. The fraction of sp³-hybridized carbons (Fsp3) is 0.314. The number of methoxy groups -OCH3 is 2. The third-order valence-corrected chi connectivity index (χ3v) is 14.3. The van der Waals surface area contributed by atoms with E-state index in [1.165, 1.54) is 48.6 Å². The molecule has 0 amide bonds. The van der Waals surface area contributed by atoms with Crippen molar-refractivity contribution in [1.29, 1.82) is 0 Å². The van der Waals surface area contributed by atoms with E-state index in [-0.39, 0.29) is 5.04 Å². The molecule has 0 fully saturated rings. The van der Waals surface area contributed by atoms with Crippen molar-refractivity contribution in [1.82, 2.24) is 0 Å². The van der Waals surface area contributed by atoms with E-state index < -0.39 is 8.07 Å². The van der Waals surface area contributed by atoms with E-state index in [1.807, 2.05) is 11.3 Å². The molecule has 4 aromatic rings. The molecule has 3 aromatic carbocycles. The summed E-state index contributed by atoms with van der Waals surface area (Å²) in [5.74, 6) is 3.69. The molecule has 0 spiro atoms. The number of hydrogen-bond acceptors (Lipinski definition) is 3. The Hall–Kier alpha value is -2.94. The van der Waals surface area contributed by atoms with Crippen LogP contribution in [0.4, 0.5) is 0 Å². The van der Waals surface area contributed by atoms with Crippen LogP contribution in [0.15, 0.2) is 72.1 Å². The minimum atomic E-state index is -2.65. The predicted molar refractivity (Wildman–Crippen MR) is 169 cm³/mol. The van der Waals surface area contributed by atoms with E-state index in [9.17, 15) is 0 Å². The van der Waals surface area contributed by atoms with Crippen molar-refractivity contribution < 1.29 is 9.47 Å². The van der Waals surface area contributed by atoms with Crippen LogP contribution in [0.5, 0.6) is 0 Å². The van der Waals surface area contributed by atoms with E-state index in [0.29, 0.717) is 13.2 Å². The summed E-state index contributed by atoms with van der Waals surface area (Å²) in [6.07, 6.45) is 2.08. The maximum absolute atomic E-state index is 5.94. The minimum absolute atomic E-state index is 0.0457. The molecule has 2 nitrogen and oxygen atoms in total. The van der Waals surface area contributed by atoms with Gasteiger partial charge in [0.05, 0.1) is 13.2 Å². The van der Waals surface area contributed by atoms with Crippen molar-refractivity contribution in [3.8, 4) is 33.0 Å². The Morgan fingerprint density at radius 3 is 2.05 bits per heavy atom. The molecule has 0 N–H and O–H groups in total. The van der Waals surface area contributed by atoms with Crippen LogP contribution in [0.2, 0.25) is 5.04 Å². The van der Waals surface area contributed by atoms with Crippen LogP contribution in [-0.4, -0.2) is 22.3 Å². The van der Waals surface area contributed by atoms with Crippen molar-refractivity contribution in [2.45, 2.75) is 58.8 Å². The molecule has 0 saturated carbocycles. The molecule has 0 aliphatic carbocycles. The van der Waals surface area contributed by atoms with Gasteiger partial charge in [0, 0.05) is 24.7 Å². The second-order valence-electron chi connectivity index (χ2n) is 11.3. The summed E-state index contributed by atoms with van der Waals surface area (Å²) in [4.78, 5) is 1.41. The van der Waals surface area contributed by atoms with Gasteiger partial charge in [-0.2, -0.15) is 0 Å². The van der Waals surface area contributed by atoms with Crippen molar-refractivity contribution in [3.63, 3.8) is 0 Å². The molecule has 1 aromatic heterocycles. The van der Waals surface area contributed by atoms with Gasteiger partial charge >= 0.3 is 0 Å². The SMILES string of the molecule is CCCc1c(COC)c(COC)c(-c2ccccc2)c2c1-c1sccc1[Si@]2(C#Cc1ccccc1)C(C)(C)C. The van der Waals surface area contributed by atoms with Crippen LogP contribution in [0.3, 0.4) is 0 Å². The maximum atomic E-state index is 5.94. The molecule has 2 heterocycles. The van der Waals surface area contributed by atoms with Crippen LogP contribution in [0.1, 0.15) is 56.4 Å². The molecular weight excluding hydrogens is 513 g/mol. The van der Waals surface area contributed by atoms with Crippen LogP contribution in [-0.2, 0) is 29.1 Å². The Balaban J connectivity index is 2.02. The first-order valence-corrected chi connectivity index (χ1v) is 16.7. The van der Waals surface area contributed by atoms with Gasteiger partial charge in [0.15, 0.2) is 0 Å². The summed E-state index contributed by atoms with van der Waals surface area (Å²) >= 11 is 1.88. The van der Waals surface area contributed by atoms with Crippen molar-refractivity contribution >= 4 is 29.8 Å². The highest BCUT2D eigenvalue weighted by molar-refractivity contribution is 7.23. The molecular formula is C35H38O2SSi. The molecule has 39 heavy (non-hydrogen) atoms. The maximum Gasteiger partial charge on any atom is 0.207 e. The number of rotatable bonds is 7. The third kappa shape index (κ3) is 4.62. The molecule has 0 saturated heterocycles. The highest BCUT2D eigenvalue weighted by atomic mass is 32.1. The summed E-state index contributed by atoms with van der Waals surface area (Å²) < 4.78 is 11.8. The third-order valence-electron chi connectivity index (χ3n) is 7.94. The number of hydrogen-bond donors (Lipinski definition) is 0. The number of benzene rings is 3. The quantitative estimate of drug-likeness (QED) is 0.174. The van der Waals surface area contributed by atoms with Crippen LogP contribution in [0.25, 0.3) is 21.6 Å². The highest BCUT2D eigenvalue weighted by Crippen LogP contribution is 2.49. The van der Waals surface area contributed by atoms with E-state index in [2.05, 4.69) is 111 Å². The highest BCUT2D eigenvalue weighted by Gasteiger charge is 2.56. The topological polar surface area (TPSA) is 18.5 Å². The molecule has 5 rings (SSSR count). The molecule has 0 radical (unpaired) electrons. The molecule has 4 heteroatoms. The smallest absolute Gasteiger partial charge is 0.207 e. The first kappa shape index (κ1) is 27.6. The molecule has 0 unspecified atom stereocenters. The summed E-state index contributed by atoms with van der Waals surface area (Å²) in [7, 11) is 0.961. The Kier molecular flexibility index (Phi) is 7.98. The summed E-state index contributed by atoms with van der Waals surface area (Å²) in [6.45, 7) is 10.6. The van der Waals surface area contributed by atoms with E-state index in [1.54, 1.807) is 14.2 Å². The summed E-state index contributed by atoms with van der Waals surface area (Å²) in [5, 5.41) is 5.17. The average Bonchev–Trinajstić information content (AvgIpc) is 3.51. The zero-order valence-corrected chi connectivity index (χ0v) is 25.8. The second kappa shape index (κ2) is 11.3. The lowest BCUT2D eigenvalue weighted by molar-refractivity contribution is 0.168. The average molecular weight is 551 g/mol. The lowest BCUT2D eigenvalue weighted by Crippen LogP contribution is -2.61. The summed E-state index contributed by atoms with van der Waals surface area (Å²) in [5.41, 5.74) is 13.1. The zero-order valence-electron chi connectivity index (χ0n) is 24.0. The molecule has 0 bridgehead atoms. The first-order valence-electron chi connectivity index (χ1n) is 13.8. The standard InChI is InChI=1S/C35H38O2SSi/c1-7-14-27-28(23-36-5)29(24-37-6)31(26-17-12-9-13-18-26)34-32(27)33-30(19-21-38-33)39(34,35(2,3)4)22-20-25-15-10-8-11-16-25/h8-13,15-19,21H,7,14,23-24H2,1-6H3/t39-/m0/s1. The van der Waals surface area contributed by atoms with E-state index in [0.717, 1.165) is 18.4 Å². The van der Waals surface area contributed by atoms with Gasteiger partial charge in [0.2, 0.25) is 8.07 Å². The lowest BCUT2D eigenvalue weighted by Gasteiger charge is -2.39. The molecule has 1 atom stereocenters. The summed E-state index contributed by atoms with van der Waals surface area (Å²) in [6, 6.07) is 23.8. The van der Waals surface area contributed by atoms with Gasteiger partial charge in [0.25, 0.3) is 0 Å². The van der Waals surface area contributed by atoms with Crippen LogP contribution >= 0.6 is 11.3 Å². The van der Waals surface area contributed by atoms with Gasteiger partial charge in [-0.15, -0.1) is 16.9 Å². The van der Waals surface area contributed by atoms with Crippen LogP contribution < -0.4 is 10.4 Å². The van der Waals surface area contributed by atoms with Crippen LogP contribution in [0, 0.1) is 11.5 Å². The lowest BCUT2D eigenvalue weighted by atomic mass is 9.86. The fourth-order valence-corrected chi connectivity index (χ4v) is 13.0. The first-order chi connectivity index (χ1) is 18.9. The number of thiophene rings is 1. The van der Waals surface area contributed by atoms with Gasteiger partial charge in [-0.1, -0.05) is 94.6 Å². The van der Waals surface area contributed by atoms with Gasteiger partial charge < -0.3 is 9.47 Å². The zero-order chi connectivity index (χ0) is 27.6. The van der Waals surface area contributed by atoms with Gasteiger partial charge in [0.1, 0.15) is 0 Å². The molecule has 1 aliphatic rings. The second-order valence-corrected chi connectivity index (χ2v) is 16.5. The monoisotopic (exact) mass is 550 g/mol. The Morgan fingerprint density at radius 2 is 1.44 bits per heavy atom. The Morgan fingerprint density at radius 1 is 0.795 bits per heavy atom. The van der Waals surface area contributed by atoms with Gasteiger partial charge in [-0.3, -0.25) is 0 Å². The predicted octanol–water partition coefficient (Wildman–Crippen LogP) is 7.59. The van der Waals surface area contributed by atoms with E-state index >= 15 is 0 Å². The fourth-order valence-electron chi connectivity index (χ4n) is 6.32. The van der Waals surface area contributed by atoms with Gasteiger partial charge in [-0.25, -0.2) is 0 Å². The Labute approximate surface area is 239 Å². The molecule has 1 aliphatic heterocycles. The Bertz CT molecular complexity index is 1520. The van der Waals surface area contributed by atoms with Gasteiger partial charge in [-0.05, 0) is 72.7 Å². The van der Waals surface area contributed by atoms with E-state index in [4.69, 9.17) is 9.47 Å². The number of ether oxygens (including phenoxy) is 2.